The van der Waals surface area contributed by atoms with E-state index in [0.29, 0.717) is 6.54 Å². The fourth-order valence-electron chi connectivity index (χ4n) is 4.28. The van der Waals surface area contributed by atoms with Gasteiger partial charge in [-0.1, -0.05) is 55.5 Å². The summed E-state index contributed by atoms with van der Waals surface area (Å²) < 4.78 is 0. The molecule has 32 heavy (non-hydrogen) atoms. The summed E-state index contributed by atoms with van der Waals surface area (Å²) in [6.45, 7) is 9.06. The number of hydrogen-bond acceptors (Lipinski definition) is 3. The fraction of sp³-hybridized carbons (Fsp3) is 0.462. The third kappa shape index (κ3) is 7.09. The number of piperidine rings is 1. The van der Waals surface area contributed by atoms with Crippen molar-refractivity contribution in [2.24, 2.45) is 16.6 Å². The number of nitrogens with two attached hydrogens (primary N) is 1. The summed E-state index contributed by atoms with van der Waals surface area (Å²) >= 11 is 0. The van der Waals surface area contributed by atoms with Crippen molar-refractivity contribution in [2.45, 2.75) is 52.7 Å². The van der Waals surface area contributed by atoms with Crippen LogP contribution in [0.15, 0.2) is 53.5 Å². The smallest absolute Gasteiger partial charge is 0.221 e. The van der Waals surface area contributed by atoms with Gasteiger partial charge in [0.2, 0.25) is 5.91 Å². The van der Waals surface area contributed by atoms with E-state index in [0.717, 1.165) is 57.9 Å². The molecule has 0 aromatic heterocycles. The fourth-order valence-corrected chi connectivity index (χ4v) is 4.28. The Kier molecular flexibility index (Phi) is 9.11. The highest BCUT2D eigenvalue weighted by Crippen LogP contribution is 2.19. The highest BCUT2D eigenvalue weighted by molar-refractivity contribution is 5.79. The summed E-state index contributed by atoms with van der Waals surface area (Å²) in [4.78, 5) is 18.7. The summed E-state index contributed by atoms with van der Waals surface area (Å²) in [5, 5.41) is 6.81. The molecule has 1 aliphatic rings. The molecule has 3 rings (SSSR count). The minimum absolute atomic E-state index is 0.0249. The molecule has 0 saturated carbocycles. The van der Waals surface area contributed by atoms with Crippen molar-refractivity contribution >= 4 is 11.9 Å². The number of carbonyl (C=O) groups is 1. The first-order valence-electron chi connectivity index (χ1n) is 11.8. The lowest BCUT2D eigenvalue weighted by molar-refractivity contribution is -0.123. The molecule has 1 atom stereocenters. The molecule has 0 spiro atoms. The van der Waals surface area contributed by atoms with E-state index in [1.807, 2.05) is 0 Å². The molecular weight excluding hydrogens is 398 g/mol. The van der Waals surface area contributed by atoms with Gasteiger partial charge >= 0.3 is 0 Å². The van der Waals surface area contributed by atoms with Crippen LogP contribution >= 0.6 is 0 Å². The maximum Gasteiger partial charge on any atom is 0.221 e. The van der Waals surface area contributed by atoms with Gasteiger partial charge in [0.25, 0.3) is 0 Å². The second kappa shape index (κ2) is 12.2. The minimum Gasteiger partial charge on any atom is -0.369 e. The second-order valence-corrected chi connectivity index (χ2v) is 8.47. The molecule has 1 unspecified atom stereocenters. The van der Waals surface area contributed by atoms with Crippen molar-refractivity contribution in [3.63, 3.8) is 0 Å². The summed E-state index contributed by atoms with van der Waals surface area (Å²) in [6, 6.07) is 17.1. The van der Waals surface area contributed by atoms with Gasteiger partial charge in [-0.3, -0.25) is 9.69 Å². The Bertz CT molecular complexity index is 911. The molecule has 6 nitrogen and oxygen atoms in total. The molecule has 1 heterocycles. The first kappa shape index (κ1) is 23.8. The number of primary amides is 1. The lowest BCUT2D eigenvalue weighted by Gasteiger charge is -2.31. The van der Waals surface area contributed by atoms with Gasteiger partial charge < -0.3 is 16.4 Å². The van der Waals surface area contributed by atoms with Crippen LogP contribution in [0, 0.1) is 5.92 Å². The molecule has 1 aliphatic heterocycles. The Morgan fingerprint density at radius 1 is 1.09 bits per heavy atom. The average Bonchev–Trinajstić information content (AvgIpc) is 2.81. The van der Waals surface area contributed by atoms with Crippen LogP contribution < -0.4 is 16.4 Å². The number of carbonyl (C=O) groups excluding carboxylic acids is 1. The lowest BCUT2D eigenvalue weighted by Crippen LogP contribution is -2.40. The van der Waals surface area contributed by atoms with Crippen molar-refractivity contribution in [3.05, 3.63) is 70.8 Å². The third-order valence-electron chi connectivity index (χ3n) is 6.01. The number of amides is 1. The van der Waals surface area contributed by atoms with E-state index >= 15 is 0 Å². The van der Waals surface area contributed by atoms with E-state index < -0.39 is 0 Å². The number of nitrogens with zero attached hydrogens (tertiary/aromatic N) is 2. The van der Waals surface area contributed by atoms with Gasteiger partial charge in [0.05, 0.1) is 12.5 Å². The van der Waals surface area contributed by atoms with E-state index in [1.165, 1.54) is 22.3 Å². The van der Waals surface area contributed by atoms with Crippen molar-refractivity contribution in [1.29, 1.82) is 0 Å². The number of rotatable bonds is 9. The predicted octanol–water partition coefficient (Wildman–Crippen LogP) is 3.20. The van der Waals surface area contributed by atoms with Crippen molar-refractivity contribution in [3.8, 4) is 0 Å². The SMILES string of the molecule is CCNC(=NCc1cccc(CN2CCCC(C(N)=O)C2)c1)NCc1ccccc1CC. The Labute approximate surface area is 192 Å². The van der Waals surface area contributed by atoms with Crippen LogP contribution in [0.25, 0.3) is 0 Å². The van der Waals surface area contributed by atoms with Crippen molar-refractivity contribution in [1.82, 2.24) is 15.5 Å². The van der Waals surface area contributed by atoms with Crippen LogP contribution in [0.4, 0.5) is 0 Å². The van der Waals surface area contributed by atoms with Crippen LogP contribution in [-0.2, 0) is 30.8 Å². The first-order valence-corrected chi connectivity index (χ1v) is 11.8. The largest absolute Gasteiger partial charge is 0.369 e. The van der Waals surface area contributed by atoms with E-state index in [-0.39, 0.29) is 11.8 Å². The van der Waals surface area contributed by atoms with Gasteiger partial charge in [-0.05, 0) is 55.0 Å². The molecule has 4 N–H and O–H groups in total. The Morgan fingerprint density at radius 2 is 1.88 bits per heavy atom. The van der Waals surface area contributed by atoms with Gasteiger partial charge in [-0.25, -0.2) is 4.99 Å². The zero-order valence-corrected chi connectivity index (χ0v) is 19.4. The van der Waals surface area contributed by atoms with Gasteiger partial charge in [-0.15, -0.1) is 0 Å². The van der Waals surface area contributed by atoms with Crippen LogP contribution in [0.5, 0.6) is 0 Å². The van der Waals surface area contributed by atoms with Gasteiger partial charge in [0.1, 0.15) is 0 Å². The molecule has 6 heteroatoms. The Balaban J connectivity index is 1.60. The number of hydrogen-bond donors (Lipinski definition) is 3. The second-order valence-electron chi connectivity index (χ2n) is 8.47. The van der Waals surface area contributed by atoms with E-state index in [1.54, 1.807) is 0 Å². The third-order valence-corrected chi connectivity index (χ3v) is 6.01. The van der Waals surface area contributed by atoms with E-state index in [2.05, 4.69) is 77.9 Å². The van der Waals surface area contributed by atoms with Crippen LogP contribution in [0.1, 0.15) is 48.9 Å². The van der Waals surface area contributed by atoms with Gasteiger partial charge in [0, 0.05) is 26.2 Å². The highest BCUT2D eigenvalue weighted by Gasteiger charge is 2.23. The number of likely N-dealkylation sites (tertiary alicyclic amines) is 1. The van der Waals surface area contributed by atoms with Gasteiger partial charge in [0.15, 0.2) is 5.96 Å². The molecule has 1 amide bonds. The Hall–Kier alpha value is -2.86. The zero-order valence-electron chi connectivity index (χ0n) is 19.4. The topological polar surface area (TPSA) is 82.8 Å². The van der Waals surface area contributed by atoms with Gasteiger partial charge in [-0.2, -0.15) is 0 Å². The molecule has 2 aromatic rings. The van der Waals surface area contributed by atoms with Crippen molar-refractivity contribution in [2.75, 3.05) is 19.6 Å². The molecule has 172 valence electrons. The number of aliphatic imine (C=N–C) groups is 1. The summed E-state index contributed by atoms with van der Waals surface area (Å²) in [5.41, 5.74) is 10.6. The highest BCUT2D eigenvalue weighted by atomic mass is 16.1. The number of guanidine groups is 1. The number of nitrogens with one attached hydrogen (secondary N) is 2. The van der Waals surface area contributed by atoms with Crippen LogP contribution in [0.3, 0.4) is 0 Å². The quantitative estimate of drug-likeness (QED) is 0.417. The molecule has 0 bridgehead atoms. The van der Waals surface area contributed by atoms with E-state index in [4.69, 9.17) is 10.7 Å². The normalized spacial score (nSPS) is 17.2. The molecular formula is C26H37N5O. The molecule has 2 aromatic carbocycles. The maximum absolute atomic E-state index is 11.6. The summed E-state index contributed by atoms with van der Waals surface area (Å²) in [6.07, 6.45) is 2.95. The molecule has 1 fully saturated rings. The minimum atomic E-state index is -0.178. The Morgan fingerprint density at radius 3 is 2.62 bits per heavy atom. The molecule has 0 aliphatic carbocycles. The maximum atomic E-state index is 11.6. The monoisotopic (exact) mass is 435 g/mol. The lowest BCUT2D eigenvalue weighted by atomic mass is 9.97. The molecule has 0 radical (unpaired) electrons. The summed E-state index contributed by atoms with van der Waals surface area (Å²) in [7, 11) is 0. The number of aryl methyl sites for hydroxylation is 1. The van der Waals surface area contributed by atoms with E-state index in [9.17, 15) is 4.79 Å². The first-order chi connectivity index (χ1) is 15.6. The summed E-state index contributed by atoms with van der Waals surface area (Å²) in [5.74, 6) is 0.620. The van der Waals surface area contributed by atoms with Crippen molar-refractivity contribution < 1.29 is 4.79 Å². The molecule has 1 saturated heterocycles. The zero-order chi connectivity index (χ0) is 22.8. The standard InChI is InChI=1S/C26H37N5O/c1-3-22-11-5-6-12-23(22)17-30-26(28-4-2)29-16-20-9-7-10-21(15-20)18-31-14-8-13-24(19-31)25(27)32/h5-7,9-12,15,24H,3-4,8,13-14,16-19H2,1-2H3,(H2,27,32)(H2,28,29,30). The van der Waals surface area contributed by atoms with Crippen LogP contribution in [-0.4, -0.2) is 36.4 Å². The average molecular weight is 436 g/mol. The number of benzene rings is 2. The van der Waals surface area contributed by atoms with Crippen LogP contribution in [0.2, 0.25) is 0 Å². The predicted molar refractivity (Wildman–Crippen MR) is 131 cm³/mol.